The lowest BCUT2D eigenvalue weighted by molar-refractivity contribution is -0.127. The number of halogens is 1. The Morgan fingerprint density at radius 3 is 2.68 bits per heavy atom. The number of hydrogen-bond acceptors (Lipinski definition) is 4. The maximum Gasteiger partial charge on any atom is 0.242 e. The lowest BCUT2D eigenvalue weighted by Crippen LogP contribution is -2.30. The van der Waals surface area contributed by atoms with E-state index < -0.39 is 5.25 Å². The molecule has 1 aliphatic heterocycles. The van der Waals surface area contributed by atoms with Crippen LogP contribution in [-0.2, 0) is 9.59 Å². The Morgan fingerprint density at radius 1 is 1.21 bits per heavy atom. The summed E-state index contributed by atoms with van der Waals surface area (Å²) >= 11 is 7.41. The van der Waals surface area contributed by atoms with Crippen LogP contribution in [0.3, 0.4) is 0 Å². The van der Waals surface area contributed by atoms with E-state index in [1.807, 2.05) is 39.0 Å². The van der Waals surface area contributed by atoms with Crippen molar-refractivity contribution >= 4 is 51.7 Å². The highest BCUT2D eigenvalue weighted by Crippen LogP contribution is 2.31. The van der Waals surface area contributed by atoms with Gasteiger partial charge in [0.05, 0.1) is 5.69 Å². The van der Waals surface area contributed by atoms with E-state index in [1.54, 1.807) is 25.2 Å². The van der Waals surface area contributed by atoms with Gasteiger partial charge in [-0.2, -0.15) is 0 Å². The van der Waals surface area contributed by atoms with E-state index in [0.29, 0.717) is 15.9 Å². The monoisotopic (exact) mass is 415 g/mol. The number of carbonyl (C=O) groups is 2. The number of benzene rings is 2. The molecule has 0 aliphatic carbocycles. The van der Waals surface area contributed by atoms with Gasteiger partial charge in [-0.1, -0.05) is 35.5 Å². The summed E-state index contributed by atoms with van der Waals surface area (Å²) < 4.78 is 0. The number of amidine groups is 1. The number of rotatable bonds is 4. The summed E-state index contributed by atoms with van der Waals surface area (Å²) in [6.07, 6.45) is 0.0751. The van der Waals surface area contributed by atoms with Gasteiger partial charge in [-0.05, 0) is 61.7 Å². The Labute approximate surface area is 174 Å². The number of hydrogen-bond donors (Lipinski definition) is 1. The van der Waals surface area contributed by atoms with Crippen molar-refractivity contribution in [2.75, 3.05) is 12.4 Å². The molecule has 28 heavy (non-hydrogen) atoms. The molecule has 146 valence electrons. The fourth-order valence-corrected chi connectivity index (χ4v) is 4.14. The minimum absolute atomic E-state index is 0.0751. The Kier molecular flexibility index (Phi) is 6.10. The summed E-state index contributed by atoms with van der Waals surface area (Å²) in [6.45, 7) is 5.92. The molecule has 7 heteroatoms. The third-order valence-corrected chi connectivity index (χ3v) is 6.41. The average molecular weight is 416 g/mol. The smallest absolute Gasteiger partial charge is 0.242 e. The van der Waals surface area contributed by atoms with Crippen molar-refractivity contribution < 1.29 is 9.59 Å². The van der Waals surface area contributed by atoms with Gasteiger partial charge in [0.1, 0.15) is 5.25 Å². The van der Waals surface area contributed by atoms with E-state index in [4.69, 9.17) is 11.6 Å². The fourth-order valence-electron chi connectivity index (χ4n) is 2.82. The number of aliphatic imine (C=N–C) groups is 1. The van der Waals surface area contributed by atoms with Crippen molar-refractivity contribution in [3.63, 3.8) is 0 Å². The van der Waals surface area contributed by atoms with Crippen LogP contribution in [0.1, 0.15) is 23.1 Å². The molecule has 2 amide bonds. The Bertz CT molecular complexity index is 974. The average Bonchev–Trinajstić information content (AvgIpc) is 2.90. The van der Waals surface area contributed by atoms with Crippen molar-refractivity contribution in [2.45, 2.75) is 32.4 Å². The number of thioether (sulfide) groups is 1. The number of anilines is 1. The Balaban J connectivity index is 1.70. The lowest BCUT2D eigenvalue weighted by Gasteiger charge is -2.11. The maximum atomic E-state index is 12.6. The first-order chi connectivity index (χ1) is 13.3. The molecule has 0 unspecified atom stereocenters. The minimum Gasteiger partial charge on any atom is -0.326 e. The van der Waals surface area contributed by atoms with Crippen molar-refractivity contribution in [3.8, 4) is 0 Å². The highest BCUT2D eigenvalue weighted by molar-refractivity contribution is 8.15. The van der Waals surface area contributed by atoms with Gasteiger partial charge >= 0.3 is 0 Å². The van der Waals surface area contributed by atoms with Crippen molar-refractivity contribution in [3.05, 3.63) is 58.1 Å². The molecule has 1 atom stereocenters. The molecule has 1 aliphatic rings. The minimum atomic E-state index is -0.491. The second-order valence-corrected chi connectivity index (χ2v) is 8.41. The standard InChI is InChI=1S/C21H22ClN3O2S/c1-12-8-9-15(10-13(12)2)23-21-25(4)20(27)18(28-21)11-19(26)24-17-7-5-6-16(22)14(17)3/h5-10,18H,11H2,1-4H3,(H,24,26)/t18-/m0/s1. The van der Waals surface area contributed by atoms with E-state index in [-0.39, 0.29) is 18.2 Å². The summed E-state index contributed by atoms with van der Waals surface area (Å²) in [7, 11) is 1.69. The fraction of sp³-hybridized carbons (Fsp3) is 0.286. The van der Waals surface area contributed by atoms with Gasteiger partial charge in [0, 0.05) is 24.2 Å². The van der Waals surface area contributed by atoms with Crippen LogP contribution in [0, 0.1) is 20.8 Å². The molecule has 0 aromatic heterocycles. The predicted molar refractivity (Wildman–Crippen MR) is 117 cm³/mol. The van der Waals surface area contributed by atoms with Crippen LogP contribution < -0.4 is 5.32 Å². The van der Waals surface area contributed by atoms with Crippen molar-refractivity contribution in [1.29, 1.82) is 0 Å². The van der Waals surface area contributed by atoms with Gasteiger partial charge < -0.3 is 5.32 Å². The largest absolute Gasteiger partial charge is 0.326 e. The van der Waals surface area contributed by atoms with E-state index >= 15 is 0 Å². The molecule has 3 rings (SSSR count). The molecule has 1 fully saturated rings. The highest BCUT2D eigenvalue weighted by atomic mass is 35.5. The summed E-state index contributed by atoms with van der Waals surface area (Å²) in [6, 6.07) is 11.3. The molecular weight excluding hydrogens is 394 g/mol. The number of nitrogens with one attached hydrogen (secondary N) is 1. The summed E-state index contributed by atoms with van der Waals surface area (Å²) in [4.78, 5) is 31.1. The molecular formula is C21H22ClN3O2S. The number of amides is 2. The predicted octanol–water partition coefficient (Wildman–Crippen LogP) is 4.86. The van der Waals surface area contributed by atoms with Gasteiger partial charge in [-0.15, -0.1) is 0 Å². The van der Waals surface area contributed by atoms with E-state index in [0.717, 1.165) is 16.8 Å². The first-order valence-corrected chi connectivity index (χ1v) is 10.2. The second-order valence-electron chi connectivity index (χ2n) is 6.83. The van der Waals surface area contributed by atoms with Crippen molar-refractivity contribution in [2.24, 2.45) is 4.99 Å². The molecule has 5 nitrogen and oxygen atoms in total. The summed E-state index contributed by atoms with van der Waals surface area (Å²) in [5.74, 6) is -0.345. The number of aryl methyl sites for hydroxylation is 2. The molecule has 1 heterocycles. The normalized spacial score (nSPS) is 18.0. The topological polar surface area (TPSA) is 61.8 Å². The molecule has 0 bridgehead atoms. The van der Waals surface area contributed by atoms with Gasteiger partial charge in [-0.3, -0.25) is 14.5 Å². The molecule has 2 aromatic rings. The van der Waals surface area contributed by atoms with E-state index in [9.17, 15) is 9.59 Å². The number of nitrogens with zero attached hydrogens (tertiary/aromatic N) is 2. The number of carbonyl (C=O) groups excluding carboxylic acids is 2. The summed E-state index contributed by atoms with van der Waals surface area (Å²) in [5, 5.41) is 3.54. The molecule has 2 aromatic carbocycles. The summed E-state index contributed by atoms with van der Waals surface area (Å²) in [5.41, 5.74) is 4.59. The van der Waals surface area contributed by atoms with Crippen LogP contribution in [0.5, 0.6) is 0 Å². The second kappa shape index (κ2) is 8.37. The first-order valence-electron chi connectivity index (χ1n) is 8.91. The van der Waals surface area contributed by atoms with Crippen LogP contribution in [0.25, 0.3) is 0 Å². The van der Waals surface area contributed by atoms with Crippen LogP contribution in [0.15, 0.2) is 41.4 Å². The van der Waals surface area contributed by atoms with E-state index in [1.165, 1.54) is 22.2 Å². The van der Waals surface area contributed by atoms with Gasteiger partial charge in [-0.25, -0.2) is 4.99 Å². The third kappa shape index (κ3) is 4.39. The molecule has 1 saturated heterocycles. The van der Waals surface area contributed by atoms with E-state index in [2.05, 4.69) is 10.3 Å². The zero-order valence-electron chi connectivity index (χ0n) is 16.2. The zero-order valence-corrected chi connectivity index (χ0v) is 17.8. The van der Waals surface area contributed by atoms with Crippen LogP contribution >= 0.6 is 23.4 Å². The third-order valence-electron chi connectivity index (χ3n) is 4.77. The Morgan fingerprint density at radius 2 is 1.96 bits per heavy atom. The SMILES string of the molecule is Cc1ccc(N=C2S[C@@H](CC(=O)Nc3cccc(Cl)c3C)C(=O)N2C)cc1C. The van der Waals surface area contributed by atoms with Crippen LogP contribution in [0.4, 0.5) is 11.4 Å². The van der Waals surface area contributed by atoms with Crippen molar-refractivity contribution in [1.82, 2.24) is 4.90 Å². The van der Waals surface area contributed by atoms with Crippen LogP contribution in [-0.4, -0.2) is 34.2 Å². The van der Waals surface area contributed by atoms with Gasteiger partial charge in [0.15, 0.2) is 5.17 Å². The Hall–Kier alpha value is -2.31. The molecule has 0 radical (unpaired) electrons. The quantitative estimate of drug-likeness (QED) is 0.775. The van der Waals surface area contributed by atoms with Crippen LogP contribution in [0.2, 0.25) is 5.02 Å². The first kappa shape index (κ1) is 20.4. The van der Waals surface area contributed by atoms with Gasteiger partial charge in [0.2, 0.25) is 11.8 Å². The highest BCUT2D eigenvalue weighted by Gasteiger charge is 2.37. The lowest BCUT2D eigenvalue weighted by atomic mass is 10.1. The zero-order chi connectivity index (χ0) is 20.4. The maximum absolute atomic E-state index is 12.6. The molecule has 0 saturated carbocycles. The molecule has 1 N–H and O–H groups in total. The van der Waals surface area contributed by atoms with Gasteiger partial charge in [0.25, 0.3) is 0 Å². The molecule has 0 spiro atoms.